The maximum atomic E-state index is 9.87. The molecule has 2 heteroatoms. The van der Waals surface area contributed by atoms with Gasteiger partial charge in [0.1, 0.15) is 5.60 Å². The van der Waals surface area contributed by atoms with Crippen LogP contribution in [0.4, 0.5) is 0 Å². The molecule has 0 aromatic rings. The molecule has 94 valence electrons. The van der Waals surface area contributed by atoms with E-state index in [0.717, 1.165) is 24.0 Å². The van der Waals surface area contributed by atoms with Crippen LogP contribution in [0.25, 0.3) is 0 Å². The van der Waals surface area contributed by atoms with E-state index >= 15 is 0 Å². The summed E-state index contributed by atoms with van der Waals surface area (Å²) in [6, 6.07) is 0. The third-order valence-electron chi connectivity index (χ3n) is 3.56. The van der Waals surface area contributed by atoms with E-state index in [1.807, 2.05) is 13.0 Å². The van der Waals surface area contributed by atoms with Crippen molar-refractivity contribution in [3.05, 3.63) is 23.3 Å². The molecule has 17 heavy (non-hydrogen) atoms. The summed E-state index contributed by atoms with van der Waals surface area (Å²) in [5, 5.41) is 19.6. The second-order valence-electron chi connectivity index (χ2n) is 5.66. The molecule has 1 aliphatic rings. The van der Waals surface area contributed by atoms with Crippen LogP contribution in [0.2, 0.25) is 0 Å². The summed E-state index contributed by atoms with van der Waals surface area (Å²) in [6.45, 7) is 7.81. The van der Waals surface area contributed by atoms with Gasteiger partial charge in [0.05, 0.1) is 6.10 Å². The van der Waals surface area contributed by atoms with Crippen LogP contribution in [0.15, 0.2) is 23.3 Å². The van der Waals surface area contributed by atoms with Gasteiger partial charge in [-0.25, -0.2) is 0 Å². The number of allylic oxidation sites excluding steroid dienone is 2. The first kappa shape index (κ1) is 14.0. The largest absolute Gasteiger partial charge is 0.389 e. The number of hydrogen-bond donors (Lipinski definition) is 2. The first-order valence-electron chi connectivity index (χ1n) is 5.98. The van der Waals surface area contributed by atoms with E-state index in [9.17, 15) is 10.2 Å². The van der Waals surface area contributed by atoms with Crippen molar-refractivity contribution in [3.63, 3.8) is 0 Å². The van der Waals surface area contributed by atoms with Gasteiger partial charge in [-0.15, -0.1) is 6.42 Å². The van der Waals surface area contributed by atoms with E-state index in [1.54, 1.807) is 13.0 Å². The zero-order valence-corrected chi connectivity index (χ0v) is 11.1. The van der Waals surface area contributed by atoms with Gasteiger partial charge in [-0.1, -0.05) is 25.8 Å². The summed E-state index contributed by atoms with van der Waals surface area (Å²) in [4.78, 5) is 0. The van der Waals surface area contributed by atoms with Crippen molar-refractivity contribution in [1.82, 2.24) is 0 Å². The highest BCUT2D eigenvalue weighted by Gasteiger charge is 2.31. The lowest BCUT2D eigenvalue weighted by Gasteiger charge is -2.35. The first-order valence-corrected chi connectivity index (χ1v) is 5.98. The summed E-state index contributed by atoms with van der Waals surface area (Å²) >= 11 is 0. The van der Waals surface area contributed by atoms with Gasteiger partial charge in [-0.2, -0.15) is 0 Å². The number of hydrogen-bond acceptors (Lipinski definition) is 2. The monoisotopic (exact) mass is 234 g/mol. The molecule has 1 aliphatic carbocycles. The van der Waals surface area contributed by atoms with Crippen molar-refractivity contribution in [2.24, 2.45) is 5.41 Å². The van der Waals surface area contributed by atoms with Crippen LogP contribution < -0.4 is 0 Å². The molecule has 0 amide bonds. The molecule has 2 atom stereocenters. The Morgan fingerprint density at radius 3 is 2.65 bits per heavy atom. The van der Waals surface area contributed by atoms with Gasteiger partial charge in [-0.05, 0) is 49.3 Å². The second kappa shape index (κ2) is 4.68. The average Bonchev–Trinajstić information content (AvgIpc) is 2.24. The molecule has 0 bridgehead atoms. The zero-order valence-electron chi connectivity index (χ0n) is 11.1. The summed E-state index contributed by atoms with van der Waals surface area (Å²) in [5.41, 5.74) is 0.841. The van der Waals surface area contributed by atoms with Gasteiger partial charge in [0.15, 0.2) is 0 Å². The number of aliphatic hydroxyl groups excluding tert-OH is 1. The maximum Gasteiger partial charge on any atom is 0.141 e. The fourth-order valence-electron chi connectivity index (χ4n) is 2.21. The molecular formula is C15H22O2. The molecule has 2 unspecified atom stereocenters. The molecule has 0 saturated heterocycles. The van der Waals surface area contributed by atoms with Crippen LogP contribution in [0.3, 0.4) is 0 Å². The Morgan fingerprint density at radius 1 is 1.53 bits per heavy atom. The van der Waals surface area contributed by atoms with Gasteiger partial charge in [-0.3, -0.25) is 0 Å². The quantitative estimate of drug-likeness (QED) is 0.720. The molecule has 0 saturated carbocycles. The van der Waals surface area contributed by atoms with Gasteiger partial charge in [0.25, 0.3) is 0 Å². The summed E-state index contributed by atoms with van der Waals surface area (Å²) in [5.74, 6) is 2.32. The van der Waals surface area contributed by atoms with Crippen molar-refractivity contribution < 1.29 is 10.2 Å². The summed E-state index contributed by atoms with van der Waals surface area (Å²) < 4.78 is 0. The molecule has 1 rings (SSSR count). The van der Waals surface area contributed by atoms with Crippen molar-refractivity contribution in [2.45, 2.75) is 52.2 Å². The Kier molecular flexibility index (Phi) is 3.86. The first-order chi connectivity index (χ1) is 7.69. The molecule has 0 aromatic heterocycles. The van der Waals surface area contributed by atoms with Crippen LogP contribution in [-0.2, 0) is 0 Å². The number of rotatable bonds is 2. The van der Waals surface area contributed by atoms with E-state index in [1.165, 1.54) is 0 Å². The van der Waals surface area contributed by atoms with Gasteiger partial charge in [0, 0.05) is 0 Å². The molecule has 0 aliphatic heterocycles. The maximum absolute atomic E-state index is 9.87. The molecule has 0 fully saturated rings. The minimum Gasteiger partial charge on any atom is -0.389 e. The fourth-order valence-corrected chi connectivity index (χ4v) is 2.21. The molecule has 0 aromatic carbocycles. The Labute approximate surface area is 104 Å². The Bertz CT molecular complexity index is 392. The number of terminal acetylenes is 1. The van der Waals surface area contributed by atoms with Crippen LogP contribution in [0.5, 0.6) is 0 Å². The van der Waals surface area contributed by atoms with E-state index in [-0.39, 0.29) is 11.5 Å². The van der Waals surface area contributed by atoms with E-state index in [2.05, 4.69) is 19.8 Å². The molecule has 2 nitrogen and oxygen atoms in total. The van der Waals surface area contributed by atoms with E-state index < -0.39 is 5.60 Å². The van der Waals surface area contributed by atoms with Gasteiger partial charge >= 0.3 is 0 Å². The molecule has 0 radical (unpaired) electrons. The molecule has 0 spiro atoms. The Morgan fingerprint density at radius 2 is 2.12 bits per heavy atom. The van der Waals surface area contributed by atoms with Gasteiger partial charge in [0.2, 0.25) is 0 Å². The standard InChI is InChI=1S/C15H22O2/c1-6-15(5,17)10-7-12-11(2)13(16)8-9-14(12,3)4/h1,7,10,13,16-17H,8-9H2,2-5H3. The third kappa shape index (κ3) is 3.21. The second-order valence-corrected chi connectivity index (χ2v) is 5.66. The van der Waals surface area contributed by atoms with Crippen molar-refractivity contribution >= 4 is 0 Å². The molecular weight excluding hydrogens is 212 g/mol. The lowest BCUT2D eigenvalue weighted by atomic mass is 9.71. The topological polar surface area (TPSA) is 40.5 Å². The van der Waals surface area contributed by atoms with Gasteiger partial charge < -0.3 is 10.2 Å². The average molecular weight is 234 g/mol. The van der Waals surface area contributed by atoms with Crippen LogP contribution in [0, 0.1) is 17.8 Å². The highest BCUT2D eigenvalue weighted by Crippen LogP contribution is 2.41. The van der Waals surface area contributed by atoms with Crippen LogP contribution in [-0.4, -0.2) is 21.9 Å². The minimum atomic E-state index is -1.23. The van der Waals surface area contributed by atoms with Crippen molar-refractivity contribution in [2.75, 3.05) is 0 Å². The van der Waals surface area contributed by atoms with Crippen molar-refractivity contribution in [3.8, 4) is 12.3 Å². The smallest absolute Gasteiger partial charge is 0.141 e. The number of aliphatic hydroxyl groups is 2. The molecule has 0 heterocycles. The Balaban J connectivity index is 3.10. The third-order valence-corrected chi connectivity index (χ3v) is 3.56. The van der Waals surface area contributed by atoms with Crippen LogP contribution in [0.1, 0.15) is 40.5 Å². The summed E-state index contributed by atoms with van der Waals surface area (Å²) in [7, 11) is 0. The van der Waals surface area contributed by atoms with Crippen LogP contribution >= 0.6 is 0 Å². The normalized spacial score (nSPS) is 27.9. The SMILES string of the molecule is C#CC(C)(O)C=CC1=C(C)C(O)CCC1(C)C. The fraction of sp³-hybridized carbons (Fsp3) is 0.600. The minimum absolute atomic E-state index is 0.0183. The van der Waals surface area contributed by atoms with E-state index in [4.69, 9.17) is 6.42 Å². The lowest BCUT2D eigenvalue weighted by molar-refractivity contribution is 0.161. The van der Waals surface area contributed by atoms with Crippen molar-refractivity contribution in [1.29, 1.82) is 0 Å². The van der Waals surface area contributed by atoms with E-state index in [0.29, 0.717) is 0 Å². The lowest BCUT2D eigenvalue weighted by Crippen LogP contribution is -2.27. The Hall–Kier alpha value is -1.04. The predicted molar refractivity (Wildman–Crippen MR) is 70.3 cm³/mol. The predicted octanol–water partition coefficient (Wildman–Crippen LogP) is 2.42. The highest BCUT2D eigenvalue weighted by molar-refractivity contribution is 5.37. The zero-order chi connectivity index (χ0) is 13.3. The molecule has 2 N–H and O–H groups in total. The highest BCUT2D eigenvalue weighted by atomic mass is 16.3. The summed E-state index contributed by atoms with van der Waals surface area (Å²) in [6.07, 6.45) is 10.1.